The molecule has 6 nitrogen and oxygen atoms in total. The van der Waals surface area contributed by atoms with Crippen LogP contribution in [0.1, 0.15) is 12.8 Å². The number of carbonyl (C=O) groups is 1. The summed E-state index contributed by atoms with van der Waals surface area (Å²) in [5, 5.41) is 3.21. The van der Waals surface area contributed by atoms with Crippen molar-refractivity contribution in [1.82, 2.24) is 14.5 Å². The third kappa shape index (κ3) is 4.91. The zero-order valence-corrected chi connectivity index (χ0v) is 15.1. The van der Waals surface area contributed by atoms with Gasteiger partial charge in [0.15, 0.2) is 0 Å². The largest absolute Gasteiger partial charge is 0.341 e. The van der Waals surface area contributed by atoms with E-state index < -0.39 is 10.0 Å². The summed E-state index contributed by atoms with van der Waals surface area (Å²) >= 11 is 0. The van der Waals surface area contributed by atoms with E-state index in [2.05, 4.69) is 5.32 Å². The second-order valence-electron chi connectivity index (χ2n) is 5.52. The molecule has 0 atom stereocenters. The highest BCUT2D eigenvalue weighted by molar-refractivity contribution is 7.89. The highest BCUT2D eigenvalue weighted by Gasteiger charge is 2.27. The van der Waals surface area contributed by atoms with E-state index in [1.165, 1.54) is 19.2 Å². The highest BCUT2D eigenvalue weighted by Crippen LogP contribution is 2.15. The molecule has 1 fully saturated rings. The minimum absolute atomic E-state index is 0. The SMILES string of the molecule is CNC1CCN(C(=O)CN(C)S(=O)(=O)c2ccccc2)CC1.Cl. The van der Waals surface area contributed by atoms with E-state index in [1.807, 2.05) is 7.05 Å². The summed E-state index contributed by atoms with van der Waals surface area (Å²) in [5.41, 5.74) is 0. The number of piperidine rings is 1. The molecule has 0 spiro atoms. The lowest BCUT2D eigenvalue weighted by Gasteiger charge is -2.32. The number of rotatable bonds is 5. The molecule has 0 saturated carbocycles. The van der Waals surface area contributed by atoms with E-state index in [1.54, 1.807) is 23.1 Å². The Morgan fingerprint density at radius 1 is 1.26 bits per heavy atom. The Labute approximate surface area is 144 Å². The molecule has 1 amide bonds. The second kappa shape index (κ2) is 8.63. The van der Waals surface area contributed by atoms with Crippen LogP contribution < -0.4 is 5.32 Å². The van der Waals surface area contributed by atoms with Gasteiger partial charge in [-0.2, -0.15) is 4.31 Å². The van der Waals surface area contributed by atoms with Crippen LogP contribution in [0.15, 0.2) is 35.2 Å². The maximum absolute atomic E-state index is 12.4. The van der Waals surface area contributed by atoms with Gasteiger partial charge in [-0.05, 0) is 32.0 Å². The molecule has 0 bridgehead atoms. The lowest BCUT2D eigenvalue weighted by atomic mass is 10.1. The van der Waals surface area contributed by atoms with Crippen LogP contribution in [0.5, 0.6) is 0 Å². The molecule has 1 aromatic rings. The van der Waals surface area contributed by atoms with Gasteiger partial charge in [-0.15, -0.1) is 12.4 Å². The first-order valence-corrected chi connectivity index (χ1v) is 8.85. The third-order valence-electron chi connectivity index (χ3n) is 4.07. The quantitative estimate of drug-likeness (QED) is 0.847. The van der Waals surface area contributed by atoms with Crippen molar-refractivity contribution in [3.63, 3.8) is 0 Å². The van der Waals surface area contributed by atoms with Crippen LogP contribution in [0.3, 0.4) is 0 Å². The maximum Gasteiger partial charge on any atom is 0.243 e. The van der Waals surface area contributed by atoms with E-state index >= 15 is 0 Å². The molecule has 23 heavy (non-hydrogen) atoms. The molecule has 1 aliphatic heterocycles. The number of likely N-dealkylation sites (N-methyl/N-ethyl adjacent to an activating group) is 1. The van der Waals surface area contributed by atoms with Crippen molar-refractivity contribution in [3.05, 3.63) is 30.3 Å². The molecule has 0 aliphatic carbocycles. The molecule has 130 valence electrons. The first-order chi connectivity index (χ1) is 10.4. The highest BCUT2D eigenvalue weighted by atomic mass is 35.5. The second-order valence-corrected chi connectivity index (χ2v) is 7.56. The molecule has 1 aliphatic rings. The van der Waals surface area contributed by atoms with Gasteiger partial charge in [0.2, 0.25) is 15.9 Å². The average molecular weight is 362 g/mol. The van der Waals surface area contributed by atoms with Gasteiger partial charge in [0, 0.05) is 26.2 Å². The van der Waals surface area contributed by atoms with E-state index in [0.717, 1.165) is 17.1 Å². The van der Waals surface area contributed by atoms with E-state index in [9.17, 15) is 13.2 Å². The molecule has 8 heteroatoms. The number of carbonyl (C=O) groups excluding carboxylic acids is 1. The first kappa shape index (κ1) is 19.9. The number of hydrogen-bond donors (Lipinski definition) is 1. The molecule has 1 heterocycles. The summed E-state index contributed by atoms with van der Waals surface area (Å²) in [4.78, 5) is 14.2. The molecular weight excluding hydrogens is 338 g/mol. The van der Waals surface area contributed by atoms with Crippen LogP contribution in [0, 0.1) is 0 Å². The van der Waals surface area contributed by atoms with Gasteiger partial charge in [0.1, 0.15) is 0 Å². The van der Waals surface area contributed by atoms with Crippen LogP contribution in [0.25, 0.3) is 0 Å². The Kier molecular flexibility index (Phi) is 7.47. The van der Waals surface area contributed by atoms with Crippen LogP contribution in [-0.2, 0) is 14.8 Å². The standard InChI is InChI=1S/C15H23N3O3S.ClH/c1-16-13-8-10-18(11-9-13)15(19)12-17(2)22(20,21)14-6-4-3-5-7-14;/h3-7,13,16H,8-12H2,1-2H3;1H. The van der Waals surface area contributed by atoms with E-state index in [-0.39, 0.29) is 29.8 Å². The fourth-order valence-electron chi connectivity index (χ4n) is 2.57. The molecular formula is C15H24ClN3O3S. The van der Waals surface area contributed by atoms with Gasteiger partial charge >= 0.3 is 0 Å². The Bertz CT molecular complexity index is 602. The number of nitrogens with zero attached hydrogens (tertiary/aromatic N) is 2. The average Bonchev–Trinajstić information content (AvgIpc) is 2.55. The van der Waals surface area contributed by atoms with Crippen LogP contribution in [0.4, 0.5) is 0 Å². The van der Waals surface area contributed by atoms with Gasteiger partial charge in [0.25, 0.3) is 0 Å². The zero-order chi connectivity index (χ0) is 16.2. The number of halogens is 1. The normalized spacial score (nSPS) is 16.2. The minimum atomic E-state index is -3.61. The van der Waals surface area contributed by atoms with Gasteiger partial charge in [-0.3, -0.25) is 4.79 Å². The Hall–Kier alpha value is -1.15. The Morgan fingerprint density at radius 3 is 2.35 bits per heavy atom. The smallest absolute Gasteiger partial charge is 0.243 e. The van der Waals surface area contributed by atoms with Crippen molar-refractivity contribution < 1.29 is 13.2 Å². The molecule has 1 saturated heterocycles. The fourth-order valence-corrected chi connectivity index (χ4v) is 3.71. The lowest BCUT2D eigenvalue weighted by molar-refractivity contribution is -0.132. The Morgan fingerprint density at radius 2 is 1.83 bits per heavy atom. The van der Waals surface area contributed by atoms with Gasteiger partial charge in [0.05, 0.1) is 11.4 Å². The van der Waals surface area contributed by atoms with Crippen molar-refractivity contribution in [1.29, 1.82) is 0 Å². The summed E-state index contributed by atoms with van der Waals surface area (Å²) in [7, 11) is -0.251. The van der Waals surface area contributed by atoms with Crippen molar-refractivity contribution >= 4 is 28.3 Å². The first-order valence-electron chi connectivity index (χ1n) is 7.41. The summed E-state index contributed by atoms with van der Waals surface area (Å²) in [6, 6.07) is 8.62. The number of amides is 1. The fraction of sp³-hybridized carbons (Fsp3) is 0.533. The third-order valence-corrected chi connectivity index (χ3v) is 5.88. The molecule has 1 N–H and O–H groups in total. The number of hydrogen-bond acceptors (Lipinski definition) is 4. The van der Waals surface area contributed by atoms with Crippen LogP contribution >= 0.6 is 12.4 Å². The molecule has 0 aromatic heterocycles. The van der Waals surface area contributed by atoms with Gasteiger partial charge in [-0.25, -0.2) is 8.42 Å². The predicted molar refractivity (Wildman–Crippen MR) is 92.2 cm³/mol. The number of sulfonamides is 1. The molecule has 0 radical (unpaired) electrons. The van der Waals surface area contributed by atoms with Crippen molar-refractivity contribution in [2.24, 2.45) is 0 Å². The monoisotopic (exact) mass is 361 g/mol. The van der Waals surface area contributed by atoms with Gasteiger partial charge < -0.3 is 10.2 Å². The van der Waals surface area contributed by atoms with E-state index in [4.69, 9.17) is 0 Å². The molecule has 2 rings (SSSR count). The summed E-state index contributed by atoms with van der Waals surface area (Å²) < 4.78 is 25.9. The van der Waals surface area contributed by atoms with Crippen LogP contribution in [0.2, 0.25) is 0 Å². The van der Waals surface area contributed by atoms with Crippen molar-refractivity contribution in [2.45, 2.75) is 23.8 Å². The molecule has 1 aromatic carbocycles. The minimum Gasteiger partial charge on any atom is -0.341 e. The predicted octanol–water partition coefficient (Wildman–Crippen LogP) is 0.939. The number of benzene rings is 1. The molecule has 0 unspecified atom stereocenters. The van der Waals surface area contributed by atoms with Crippen molar-refractivity contribution in [2.75, 3.05) is 33.7 Å². The lowest BCUT2D eigenvalue weighted by Crippen LogP contribution is -2.47. The van der Waals surface area contributed by atoms with Crippen molar-refractivity contribution in [3.8, 4) is 0 Å². The summed E-state index contributed by atoms with van der Waals surface area (Å²) in [6.07, 6.45) is 1.80. The van der Waals surface area contributed by atoms with Gasteiger partial charge in [-0.1, -0.05) is 18.2 Å². The van der Waals surface area contributed by atoms with Crippen LogP contribution in [-0.4, -0.2) is 63.3 Å². The van der Waals surface area contributed by atoms with E-state index in [0.29, 0.717) is 19.1 Å². The topological polar surface area (TPSA) is 69.7 Å². The Balaban J connectivity index is 0.00000264. The zero-order valence-electron chi connectivity index (χ0n) is 13.4. The maximum atomic E-state index is 12.4. The summed E-state index contributed by atoms with van der Waals surface area (Å²) in [5.74, 6) is -0.142. The summed E-state index contributed by atoms with van der Waals surface area (Å²) in [6.45, 7) is 1.22. The number of nitrogens with one attached hydrogen (secondary N) is 1. The number of likely N-dealkylation sites (tertiary alicyclic amines) is 1.